The number of hydrogen-bond donors (Lipinski definition) is 2. The second-order valence-electron chi connectivity index (χ2n) is 8.14. The number of allylic oxidation sites excluding steroid dienone is 2. The Labute approximate surface area is 168 Å². The predicted octanol–water partition coefficient (Wildman–Crippen LogP) is 3.38. The minimum absolute atomic E-state index is 0.0784. The number of hydrogen-bond acceptors (Lipinski definition) is 6. The fourth-order valence-electron chi connectivity index (χ4n) is 3.90. The smallest absolute Gasteiger partial charge is 0.306 e. The van der Waals surface area contributed by atoms with Crippen molar-refractivity contribution in [3.05, 3.63) is 51.5 Å². The molecular formula is C22H25NO6. The summed E-state index contributed by atoms with van der Waals surface area (Å²) in [5.74, 6) is -1.20. The van der Waals surface area contributed by atoms with Gasteiger partial charge in [-0.15, -0.1) is 0 Å². The van der Waals surface area contributed by atoms with Crippen LogP contribution in [0.1, 0.15) is 44.6 Å². The highest BCUT2D eigenvalue weighted by molar-refractivity contribution is 5.99. The van der Waals surface area contributed by atoms with Crippen molar-refractivity contribution in [2.24, 2.45) is 5.41 Å². The minimum atomic E-state index is -0.898. The van der Waals surface area contributed by atoms with Crippen LogP contribution in [0.15, 0.2) is 40.4 Å². The normalized spacial score (nSPS) is 17.3. The van der Waals surface area contributed by atoms with Crippen molar-refractivity contribution in [3.8, 4) is 5.75 Å². The number of pyridine rings is 1. The average molecular weight is 399 g/mol. The number of carbonyl (C=O) groups is 2. The van der Waals surface area contributed by atoms with Crippen molar-refractivity contribution in [3.63, 3.8) is 0 Å². The zero-order valence-electron chi connectivity index (χ0n) is 17.0. The minimum Gasteiger partial charge on any atom is -0.512 e. The van der Waals surface area contributed by atoms with Crippen LogP contribution < -0.4 is 10.3 Å². The maximum atomic E-state index is 12.9. The number of ether oxygens (including phenoxy) is 2. The Balaban J connectivity index is 2.20. The van der Waals surface area contributed by atoms with Crippen LogP contribution >= 0.6 is 0 Å². The van der Waals surface area contributed by atoms with Gasteiger partial charge in [0.05, 0.1) is 20.6 Å². The van der Waals surface area contributed by atoms with E-state index in [9.17, 15) is 19.5 Å². The maximum Gasteiger partial charge on any atom is 0.306 e. The third-order valence-corrected chi connectivity index (χ3v) is 5.30. The van der Waals surface area contributed by atoms with Gasteiger partial charge in [-0.25, -0.2) is 0 Å². The lowest BCUT2D eigenvalue weighted by molar-refractivity contribution is -0.140. The molecule has 0 spiro atoms. The molecule has 7 heteroatoms. The van der Waals surface area contributed by atoms with E-state index in [4.69, 9.17) is 9.47 Å². The van der Waals surface area contributed by atoms with E-state index in [0.29, 0.717) is 23.1 Å². The van der Waals surface area contributed by atoms with Crippen LogP contribution in [0.3, 0.4) is 0 Å². The molecule has 0 bridgehead atoms. The van der Waals surface area contributed by atoms with Gasteiger partial charge in [-0.2, -0.15) is 0 Å². The highest BCUT2D eigenvalue weighted by Gasteiger charge is 2.38. The lowest BCUT2D eigenvalue weighted by Gasteiger charge is -2.32. The number of esters is 1. The first-order chi connectivity index (χ1) is 13.6. The molecule has 2 aromatic rings. The standard InChI is InChI=1S/C22H25NO6/c1-22(2)10-17(24)20(18(25)11-22)14(9-19(26)29-4)15-8-12-7-13(28-3)5-6-16(12)23-21(15)27/h5-8,14,24H,9-11H2,1-4H3,(H,23,27)/t14-/m0/s1. The van der Waals surface area contributed by atoms with Crippen LogP contribution in [0.25, 0.3) is 10.9 Å². The van der Waals surface area contributed by atoms with Crippen LogP contribution in [0.5, 0.6) is 5.75 Å². The van der Waals surface area contributed by atoms with Crippen LogP contribution in [-0.2, 0) is 14.3 Å². The molecule has 0 amide bonds. The zero-order chi connectivity index (χ0) is 21.3. The van der Waals surface area contributed by atoms with Crippen molar-refractivity contribution < 1.29 is 24.2 Å². The Morgan fingerprint density at radius 2 is 1.93 bits per heavy atom. The largest absolute Gasteiger partial charge is 0.512 e. The lowest BCUT2D eigenvalue weighted by Crippen LogP contribution is -2.31. The molecule has 29 heavy (non-hydrogen) atoms. The number of aliphatic hydroxyl groups is 1. The number of rotatable bonds is 5. The number of H-pyrrole nitrogens is 1. The molecular weight excluding hydrogens is 374 g/mol. The van der Waals surface area contributed by atoms with Crippen LogP contribution in [0.4, 0.5) is 0 Å². The Hall–Kier alpha value is -3.09. The average Bonchev–Trinajstić information content (AvgIpc) is 2.64. The van der Waals surface area contributed by atoms with Gasteiger partial charge in [-0.1, -0.05) is 13.8 Å². The number of aliphatic hydroxyl groups excluding tert-OH is 1. The maximum absolute atomic E-state index is 12.9. The molecule has 0 radical (unpaired) electrons. The van der Waals surface area contributed by atoms with Gasteiger partial charge >= 0.3 is 5.97 Å². The quantitative estimate of drug-likeness (QED) is 0.747. The van der Waals surface area contributed by atoms with Crippen molar-refractivity contribution >= 4 is 22.7 Å². The first-order valence-corrected chi connectivity index (χ1v) is 9.38. The van der Waals surface area contributed by atoms with Crippen molar-refractivity contribution in [1.82, 2.24) is 4.98 Å². The molecule has 3 rings (SSSR count). The highest BCUT2D eigenvalue weighted by atomic mass is 16.5. The molecule has 0 aliphatic heterocycles. The second kappa shape index (κ2) is 7.73. The van der Waals surface area contributed by atoms with Crippen molar-refractivity contribution in [2.45, 2.75) is 39.0 Å². The topological polar surface area (TPSA) is 106 Å². The molecule has 0 saturated carbocycles. The van der Waals surface area contributed by atoms with Gasteiger partial charge in [0.25, 0.3) is 5.56 Å². The zero-order valence-corrected chi connectivity index (χ0v) is 17.0. The summed E-state index contributed by atoms with van der Waals surface area (Å²) in [5.41, 5.74) is 0.136. The highest BCUT2D eigenvalue weighted by Crippen LogP contribution is 2.41. The summed E-state index contributed by atoms with van der Waals surface area (Å²) in [5, 5.41) is 11.3. The number of nitrogens with one attached hydrogen (secondary N) is 1. The summed E-state index contributed by atoms with van der Waals surface area (Å²) in [6.45, 7) is 3.78. The van der Waals surface area contributed by atoms with E-state index >= 15 is 0 Å². The fraction of sp³-hybridized carbons (Fsp3) is 0.409. The summed E-state index contributed by atoms with van der Waals surface area (Å²) in [4.78, 5) is 40.6. The number of methoxy groups -OCH3 is 2. The first-order valence-electron chi connectivity index (χ1n) is 9.38. The molecule has 154 valence electrons. The molecule has 1 atom stereocenters. The van der Waals surface area contributed by atoms with Gasteiger partial charge in [-0.3, -0.25) is 14.4 Å². The summed E-state index contributed by atoms with van der Waals surface area (Å²) in [7, 11) is 2.79. The third kappa shape index (κ3) is 4.18. The van der Waals surface area contributed by atoms with Gasteiger partial charge < -0.3 is 19.6 Å². The summed E-state index contributed by atoms with van der Waals surface area (Å²) in [6, 6.07) is 6.84. The number of aromatic nitrogens is 1. The molecule has 2 N–H and O–H groups in total. The SMILES string of the molecule is COC(=O)C[C@H](C1=C(O)CC(C)(C)CC1=O)c1cc2cc(OC)ccc2[nH]c1=O. The summed E-state index contributed by atoms with van der Waals surface area (Å²) >= 11 is 0. The molecule has 0 saturated heterocycles. The molecule has 1 aliphatic rings. The van der Waals surface area contributed by atoms with E-state index in [1.807, 2.05) is 13.8 Å². The molecule has 7 nitrogen and oxygen atoms in total. The first kappa shape index (κ1) is 20.6. The lowest BCUT2D eigenvalue weighted by atomic mass is 9.72. The van der Waals surface area contributed by atoms with Gasteiger partial charge in [0, 0.05) is 40.8 Å². The number of Topliss-reactive ketones (excluding diaryl/α,β-unsaturated/α-hetero) is 1. The van der Waals surface area contributed by atoms with Crippen molar-refractivity contribution in [2.75, 3.05) is 14.2 Å². The Bertz CT molecular complexity index is 1060. The predicted molar refractivity (Wildman–Crippen MR) is 108 cm³/mol. The van der Waals surface area contributed by atoms with E-state index in [1.54, 1.807) is 31.4 Å². The summed E-state index contributed by atoms with van der Waals surface area (Å²) in [6.07, 6.45) is 0.301. The summed E-state index contributed by atoms with van der Waals surface area (Å²) < 4.78 is 10.0. The van der Waals surface area contributed by atoms with Gasteiger partial charge in [0.2, 0.25) is 0 Å². The molecule has 1 heterocycles. The van der Waals surface area contributed by atoms with Gasteiger partial charge in [0.15, 0.2) is 5.78 Å². The van der Waals surface area contributed by atoms with E-state index in [-0.39, 0.29) is 40.9 Å². The monoisotopic (exact) mass is 399 g/mol. The van der Waals surface area contributed by atoms with Crippen LogP contribution in [0.2, 0.25) is 0 Å². The molecule has 0 unspecified atom stereocenters. The van der Waals surface area contributed by atoms with Gasteiger partial charge in [-0.05, 0) is 29.7 Å². The number of benzene rings is 1. The van der Waals surface area contributed by atoms with Crippen LogP contribution in [-0.4, -0.2) is 36.1 Å². The third-order valence-electron chi connectivity index (χ3n) is 5.30. The van der Waals surface area contributed by atoms with Crippen molar-refractivity contribution in [1.29, 1.82) is 0 Å². The Morgan fingerprint density at radius 1 is 1.21 bits per heavy atom. The molecule has 0 fully saturated rings. The number of fused-ring (bicyclic) bond motifs is 1. The van der Waals surface area contributed by atoms with Gasteiger partial charge in [0.1, 0.15) is 11.5 Å². The van der Waals surface area contributed by atoms with E-state index < -0.39 is 17.4 Å². The van der Waals surface area contributed by atoms with Crippen LogP contribution in [0, 0.1) is 5.41 Å². The fourth-order valence-corrected chi connectivity index (χ4v) is 3.90. The van der Waals surface area contributed by atoms with E-state index in [2.05, 4.69) is 4.98 Å². The van der Waals surface area contributed by atoms with E-state index in [1.165, 1.54) is 7.11 Å². The number of aromatic amines is 1. The molecule has 1 aromatic heterocycles. The molecule has 1 aromatic carbocycles. The van der Waals surface area contributed by atoms with E-state index in [0.717, 1.165) is 0 Å². The second-order valence-corrected chi connectivity index (χ2v) is 8.14. The Kier molecular flexibility index (Phi) is 5.50. The molecule has 1 aliphatic carbocycles. The number of ketones is 1. The Morgan fingerprint density at radius 3 is 2.55 bits per heavy atom. The number of carbonyl (C=O) groups excluding carboxylic acids is 2.